The number of thiocarbonyl (C=S) groups is 1. The van der Waals surface area contributed by atoms with Gasteiger partial charge in [-0.05, 0) is 94.6 Å². The second kappa shape index (κ2) is 10.7. The Morgan fingerprint density at radius 1 is 1.15 bits per heavy atom. The Balaban J connectivity index is 1.37. The molecule has 3 aliphatic rings. The van der Waals surface area contributed by atoms with Crippen molar-refractivity contribution in [2.75, 3.05) is 36.0 Å². The molecule has 2 aliphatic heterocycles. The summed E-state index contributed by atoms with van der Waals surface area (Å²) in [4.78, 5) is 34.5. The molecule has 210 valence electrons. The van der Waals surface area contributed by atoms with Gasteiger partial charge in [-0.1, -0.05) is 0 Å². The number of halogens is 4. The zero-order chi connectivity index (χ0) is 28.7. The van der Waals surface area contributed by atoms with Crippen molar-refractivity contribution in [3.05, 3.63) is 53.1 Å². The second-order valence-corrected chi connectivity index (χ2v) is 10.5. The lowest BCUT2D eigenvalue weighted by molar-refractivity contribution is -0.138. The van der Waals surface area contributed by atoms with Crippen LogP contribution in [0.25, 0.3) is 0 Å². The van der Waals surface area contributed by atoms with E-state index in [-0.39, 0.29) is 22.1 Å². The molecular weight excluding hydrogens is 548 g/mol. The van der Waals surface area contributed by atoms with Crippen molar-refractivity contribution in [1.82, 2.24) is 15.2 Å². The molecule has 0 radical (unpaired) electrons. The maximum Gasteiger partial charge on any atom is 0.419 e. The van der Waals surface area contributed by atoms with E-state index >= 15 is 4.39 Å². The van der Waals surface area contributed by atoms with Gasteiger partial charge >= 0.3 is 6.18 Å². The maximum atomic E-state index is 15.2. The predicted molar refractivity (Wildman–Crippen MR) is 142 cm³/mol. The normalized spacial score (nSPS) is 18.8. The summed E-state index contributed by atoms with van der Waals surface area (Å²) >= 11 is 5.55. The third-order valence-electron chi connectivity index (χ3n) is 7.73. The van der Waals surface area contributed by atoms with E-state index in [4.69, 9.17) is 17.5 Å². The van der Waals surface area contributed by atoms with Crippen molar-refractivity contribution in [1.29, 1.82) is 5.26 Å². The van der Waals surface area contributed by atoms with E-state index in [1.807, 2.05) is 0 Å². The summed E-state index contributed by atoms with van der Waals surface area (Å²) in [5.74, 6) is -1.92. The van der Waals surface area contributed by atoms with Crippen molar-refractivity contribution in [2.24, 2.45) is 0 Å². The number of hydrogen-bond acceptors (Lipinski definition) is 6. The molecule has 1 aliphatic carbocycles. The Labute approximate surface area is 233 Å². The molecule has 5 rings (SSSR count). The third kappa shape index (κ3) is 4.90. The number of anilines is 2. The van der Waals surface area contributed by atoms with Gasteiger partial charge in [-0.25, -0.2) is 9.37 Å². The quantitative estimate of drug-likeness (QED) is 0.298. The van der Waals surface area contributed by atoms with E-state index in [1.54, 1.807) is 0 Å². The Morgan fingerprint density at radius 2 is 1.88 bits per heavy atom. The average molecular weight is 575 g/mol. The first-order chi connectivity index (χ1) is 19.1. The van der Waals surface area contributed by atoms with E-state index < -0.39 is 40.6 Å². The molecule has 3 fully saturated rings. The van der Waals surface area contributed by atoms with E-state index in [9.17, 15) is 22.8 Å². The van der Waals surface area contributed by atoms with Gasteiger partial charge in [-0.3, -0.25) is 14.5 Å². The van der Waals surface area contributed by atoms with Crippen LogP contribution in [0, 0.1) is 17.1 Å². The van der Waals surface area contributed by atoms with Crippen LogP contribution in [0.2, 0.25) is 0 Å². The van der Waals surface area contributed by atoms with Crippen LogP contribution in [-0.2, 0) is 11.0 Å². The Morgan fingerprint density at radius 3 is 2.48 bits per heavy atom. The minimum atomic E-state index is -4.87. The number of pyridine rings is 1. The summed E-state index contributed by atoms with van der Waals surface area (Å²) < 4.78 is 55.9. The highest BCUT2D eigenvalue weighted by Gasteiger charge is 2.60. The van der Waals surface area contributed by atoms with Crippen LogP contribution in [0.5, 0.6) is 0 Å². The van der Waals surface area contributed by atoms with Crippen LogP contribution in [0.1, 0.15) is 60.1 Å². The molecule has 1 aromatic carbocycles. The summed E-state index contributed by atoms with van der Waals surface area (Å²) in [5, 5.41) is 11.7. The molecule has 40 heavy (non-hydrogen) atoms. The first-order valence-corrected chi connectivity index (χ1v) is 13.4. The number of benzene rings is 1. The van der Waals surface area contributed by atoms with Crippen LogP contribution in [0.4, 0.5) is 28.9 Å². The minimum absolute atomic E-state index is 0.136. The van der Waals surface area contributed by atoms with Gasteiger partial charge in [0.1, 0.15) is 17.4 Å². The fourth-order valence-corrected chi connectivity index (χ4v) is 5.99. The zero-order valence-corrected chi connectivity index (χ0v) is 22.2. The standard InChI is InChI=1S/C27H26F4N6O2S/c28-21-14-17(5-6-19(21)23(38)33-9-4-12-35-10-1-2-11-35)37-25(40)36(24(39)26(37)7-3-8-26)18-13-20(27(29,30)31)22(15-32)34-16-18/h5-6,13-14,16H,1-4,7-12H2,(H,33,38). The summed E-state index contributed by atoms with van der Waals surface area (Å²) in [5.41, 5.74) is -3.48. The van der Waals surface area contributed by atoms with Gasteiger partial charge in [0.25, 0.3) is 11.8 Å². The Bertz CT molecular complexity index is 1400. The average Bonchev–Trinajstić information content (AvgIpc) is 3.49. The second-order valence-electron chi connectivity index (χ2n) is 10.2. The number of rotatable bonds is 7. The van der Waals surface area contributed by atoms with Gasteiger partial charge < -0.3 is 15.1 Å². The number of amides is 2. The summed E-state index contributed by atoms with van der Waals surface area (Å²) in [6.45, 7) is 3.36. The van der Waals surface area contributed by atoms with Crippen LogP contribution in [0.15, 0.2) is 30.5 Å². The predicted octanol–water partition coefficient (Wildman–Crippen LogP) is 4.39. The summed E-state index contributed by atoms with van der Waals surface area (Å²) in [7, 11) is 0. The molecule has 0 unspecified atom stereocenters. The number of alkyl halides is 3. The molecule has 1 spiro atoms. The molecule has 8 nitrogen and oxygen atoms in total. The van der Waals surface area contributed by atoms with Crippen molar-refractivity contribution < 1.29 is 27.2 Å². The van der Waals surface area contributed by atoms with Gasteiger partial charge in [-0.15, -0.1) is 0 Å². The largest absolute Gasteiger partial charge is 0.419 e. The number of carbonyl (C=O) groups excluding carboxylic acids is 2. The van der Waals surface area contributed by atoms with Crippen molar-refractivity contribution in [3.63, 3.8) is 0 Å². The van der Waals surface area contributed by atoms with E-state index in [2.05, 4.69) is 15.2 Å². The molecule has 2 saturated heterocycles. The highest BCUT2D eigenvalue weighted by Crippen LogP contribution is 2.48. The Kier molecular flexibility index (Phi) is 7.50. The molecule has 1 saturated carbocycles. The molecule has 3 heterocycles. The number of carbonyl (C=O) groups is 2. The van der Waals surface area contributed by atoms with Crippen LogP contribution in [0.3, 0.4) is 0 Å². The number of hydrogen-bond donors (Lipinski definition) is 1. The fourth-order valence-electron chi connectivity index (χ4n) is 5.52. The topological polar surface area (TPSA) is 92.6 Å². The monoisotopic (exact) mass is 574 g/mol. The van der Waals surface area contributed by atoms with Gasteiger partial charge in [0.2, 0.25) is 0 Å². The van der Waals surface area contributed by atoms with E-state index in [0.717, 1.165) is 43.2 Å². The first kappa shape index (κ1) is 27.9. The van der Waals surface area contributed by atoms with Crippen LogP contribution >= 0.6 is 12.2 Å². The van der Waals surface area contributed by atoms with Crippen molar-refractivity contribution >= 4 is 40.5 Å². The lowest BCUT2D eigenvalue weighted by atomic mass is 9.75. The number of nitrogens with zero attached hydrogens (tertiary/aromatic N) is 5. The zero-order valence-electron chi connectivity index (χ0n) is 21.4. The minimum Gasteiger partial charge on any atom is -0.352 e. The summed E-state index contributed by atoms with van der Waals surface area (Å²) in [6.07, 6.45) is 0.596. The molecule has 2 aromatic rings. The lowest BCUT2D eigenvalue weighted by Crippen LogP contribution is -2.55. The molecule has 1 aromatic heterocycles. The van der Waals surface area contributed by atoms with Crippen molar-refractivity contribution in [3.8, 4) is 6.07 Å². The fraction of sp³-hybridized carbons (Fsp3) is 0.444. The Hall–Kier alpha value is -3.63. The number of nitriles is 1. The maximum absolute atomic E-state index is 15.2. The number of nitrogens with one attached hydrogen (secondary N) is 1. The highest BCUT2D eigenvalue weighted by atomic mass is 32.1. The molecule has 1 N–H and O–H groups in total. The first-order valence-electron chi connectivity index (χ1n) is 13.0. The van der Waals surface area contributed by atoms with Gasteiger partial charge in [0, 0.05) is 12.2 Å². The molecule has 13 heteroatoms. The lowest BCUT2D eigenvalue weighted by Gasteiger charge is -2.43. The van der Waals surface area contributed by atoms with E-state index in [0.29, 0.717) is 31.9 Å². The molecular formula is C27H26F4N6O2S. The van der Waals surface area contributed by atoms with Crippen LogP contribution < -0.4 is 15.1 Å². The smallest absolute Gasteiger partial charge is 0.352 e. The molecule has 0 atom stereocenters. The van der Waals surface area contributed by atoms with Crippen LogP contribution in [-0.4, -0.2) is 58.5 Å². The number of aromatic nitrogens is 1. The van der Waals surface area contributed by atoms with Gasteiger partial charge in [0.15, 0.2) is 10.8 Å². The molecule has 2 amide bonds. The summed E-state index contributed by atoms with van der Waals surface area (Å²) in [6, 6.07) is 5.98. The SMILES string of the molecule is N#Cc1ncc(N2C(=O)C3(CCC3)N(c3ccc(C(=O)NCCCN4CCCC4)c(F)c3)C2=S)cc1C(F)(F)F. The van der Waals surface area contributed by atoms with Gasteiger partial charge in [-0.2, -0.15) is 18.4 Å². The van der Waals surface area contributed by atoms with Crippen molar-refractivity contribution in [2.45, 2.75) is 50.2 Å². The molecule has 0 bridgehead atoms. The third-order valence-corrected chi connectivity index (χ3v) is 8.09. The highest BCUT2D eigenvalue weighted by molar-refractivity contribution is 7.81. The number of likely N-dealkylation sites (tertiary alicyclic amines) is 1. The van der Waals surface area contributed by atoms with Gasteiger partial charge in [0.05, 0.1) is 23.0 Å². The van der Waals surface area contributed by atoms with E-state index in [1.165, 1.54) is 35.9 Å².